The number of hydrogen-bond acceptors (Lipinski definition) is 3. The van der Waals surface area contributed by atoms with E-state index in [1.54, 1.807) is 30.3 Å². The molecule has 1 aromatic heterocycles. The first kappa shape index (κ1) is 29.0. The number of H-pyrrole nitrogens is 1. The van der Waals surface area contributed by atoms with Gasteiger partial charge < -0.3 is 14.6 Å². The van der Waals surface area contributed by atoms with E-state index in [4.69, 9.17) is 4.74 Å². The van der Waals surface area contributed by atoms with Gasteiger partial charge in [-0.15, -0.1) is 13.2 Å². The molecule has 3 aliphatic heterocycles. The molecule has 226 valence electrons. The second kappa shape index (κ2) is 10.6. The van der Waals surface area contributed by atoms with E-state index in [2.05, 4.69) is 4.98 Å². The maximum atomic E-state index is 15.7. The van der Waals surface area contributed by atoms with Crippen LogP contribution in [0.2, 0.25) is 0 Å². The molecule has 1 amide bonds. The van der Waals surface area contributed by atoms with E-state index in [0.29, 0.717) is 48.5 Å². The number of rotatable bonds is 4. The first-order chi connectivity index (χ1) is 20.0. The Balaban J connectivity index is 1.50. The maximum Gasteiger partial charge on any atom is 0.561 e. The van der Waals surface area contributed by atoms with Crippen molar-refractivity contribution in [1.82, 2.24) is 14.8 Å². The lowest BCUT2D eigenvalue weighted by atomic mass is 9.79. The number of hydrogen-bond donors (Lipinski definition) is 1. The molecule has 0 aliphatic carbocycles. The molecule has 2 aromatic carbocycles. The standard InChI is InChI=1S/C30H33F6N4O2/c31-29(32,33)28(16-22-17-37-26-9-5-4-8-25(22)26)20-40(30(34,35)36)19-23(38-12-14-42-15-13-38)10-11-24(40)18-39(28)27(41)21-6-2-1-3-7-21/h1-9,17,23-24,37H,10-16,18-20H2/q+1/t23-,24+,28+,40?/m0/s1. The third kappa shape index (κ3) is 4.77. The fourth-order valence-corrected chi connectivity index (χ4v) is 7.37. The summed E-state index contributed by atoms with van der Waals surface area (Å²) in [5.41, 5.74) is -2.30. The number of fused-ring (bicyclic) bond motifs is 2. The second-order valence-corrected chi connectivity index (χ2v) is 11.7. The lowest BCUT2D eigenvalue weighted by molar-refractivity contribution is -1.06. The molecule has 3 saturated heterocycles. The molecule has 4 heterocycles. The Labute approximate surface area is 239 Å². The molecule has 1 unspecified atom stereocenters. The highest BCUT2D eigenvalue weighted by Crippen LogP contribution is 2.52. The molecule has 6 nitrogen and oxygen atoms in total. The zero-order chi connectivity index (χ0) is 29.8. The Bertz CT molecular complexity index is 1420. The molecular weight excluding hydrogens is 562 g/mol. The lowest BCUT2D eigenvalue weighted by Crippen LogP contribution is -2.84. The average Bonchev–Trinajstić information content (AvgIpc) is 3.38. The summed E-state index contributed by atoms with van der Waals surface area (Å²) in [6.07, 6.45) is -9.04. The lowest BCUT2D eigenvalue weighted by Gasteiger charge is -2.61. The van der Waals surface area contributed by atoms with Gasteiger partial charge in [0.05, 0.1) is 25.8 Å². The fraction of sp³-hybridized carbons (Fsp3) is 0.500. The van der Waals surface area contributed by atoms with Crippen molar-refractivity contribution >= 4 is 16.8 Å². The van der Waals surface area contributed by atoms with Crippen molar-refractivity contribution in [3.05, 3.63) is 71.9 Å². The van der Waals surface area contributed by atoms with Crippen LogP contribution in [-0.2, 0) is 11.2 Å². The highest BCUT2D eigenvalue weighted by molar-refractivity contribution is 5.95. The van der Waals surface area contributed by atoms with Crippen molar-refractivity contribution in [3.8, 4) is 0 Å². The number of piperidine rings is 1. The van der Waals surface area contributed by atoms with Crippen LogP contribution in [0.3, 0.4) is 0 Å². The number of carbonyl (C=O) groups excluding carboxylic acids is 1. The largest absolute Gasteiger partial charge is 0.561 e. The van der Waals surface area contributed by atoms with Crippen LogP contribution in [0.4, 0.5) is 26.3 Å². The minimum absolute atomic E-state index is 0.0130. The molecule has 1 N–H and O–H groups in total. The van der Waals surface area contributed by atoms with Gasteiger partial charge >= 0.3 is 12.5 Å². The smallest absolute Gasteiger partial charge is 0.379 e. The summed E-state index contributed by atoms with van der Waals surface area (Å²) < 4.78 is 96.9. The number of halogens is 6. The zero-order valence-electron chi connectivity index (χ0n) is 22.9. The number of quaternary nitrogens is 1. The van der Waals surface area contributed by atoms with Crippen molar-refractivity contribution in [1.29, 1.82) is 0 Å². The number of ether oxygens (including phenoxy) is 1. The second-order valence-electron chi connectivity index (χ2n) is 11.7. The maximum absolute atomic E-state index is 15.7. The molecule has 3 aromatic rings. The van der Waals surface area contributed by atoms with Gasteiger partial charge in [0, 0.05) is 48.6 Å². The van der Waals surface area contributed by atoms with Crippen molar-refractivity contribution in [3.63, 3.8) is 0 Å². The Hall–Kier alpha value is -3.09. The van der Waals surface area contributed by atoms with Gasteiger partial charge in [-0.25, -0.2) is 4.48 Å². The summed E-state index contributed by atoms with van der Waals surface area (Å²) in [5.74, 6) is -0.914. The summed E-state index contributed by atoms with van der Waals surface area (Å²) in [7, 11) is 0. The number of nitrogens with zero attached hydrogens (tertiary/aromatic N) is 3. The number of piperazine rings is 1. The van der Waals surface area contributed by atoms with Gasteiger partial charge in [0.2, 0.25) is 0 Å². The molecule has 0 bridgehead atoms. The first-order valence-electron chi connectivity index (χ1n) is 14.2. The van der Waals surface area contributed by atoms with Gasteiger partial charge in [-0.05, 0) is 30.2 Å². The molecular formula is C30H33F6N4O2+. The van der Waals surface area contributed by atoms with Gasteiger partial charge in [-0.3, -0.25) is 9.69 Å². The van der Waals surface area contributed by atoms with Crippen LogP contribution in [-0.4, -0.2) is 101 Å². The Morgan fingerprint density at radius 3 is 2.36 bits per heavy atom. The number of para-hydroxylation sites is 1. The minimum atomic E-state index is -5.16. The summed E-state index contributed by atoms with van der Waals surface area (Å²) >= 11 is 0. The van der Waals surface area contributed by atoms with E-state index < -0.39 is 66.5 Å². The Morgan fingerprint density at radius 1 is 0.976 bits per heavy atom. The molecule has 3 aliphatic rings. The van der Waals surface area contributed by atoms with E-state index in [1.165, 1.54) is 30.5 Å². The van der Waals surface area contributed by atoms with E-state index in [9.17, 15) is 4.79 Å². The summed E-state index contributed by atoms with van der Waals surface area (Å²) in [5, 5.41) is 0.485. The van der Waals surface area contributed by atoms with E-state index in [0.717, 1.165) is 0 Å². The number of amides is 1. The van der Waals surface area contributed by atoms with Gasteiger partial charge in [0.25, 0.3) is 5.91 Å². The monoisotopic (exact) mass is 595 g/mol. The third-order valence-corrected chi connectivity index (χ3v) is 9.54. The average molecular weight is 596 g/mol. The van der Waals surface area contributed by atoms with Crippen LogP contribution in [0, 0.1) is 0 Å². The predicted octanol–water partition coefficient (Wildman–Crippen LogP) is 5.37. The third-order valence-electron chi connectivity index (χ3n) is 9.54. The van der Waals surface area contributed by atoms with Crippen LogP contribution in [0.5, 0.6) is 0 Å². The first-order valence-corrected chi connectivity index (χ1v) is 14.2. The van der Waals surface area contributed by atoms with Crippen molar-refractivity contribution in [2.75, 3.05) is 45.9 Å². The number of morpholine rings is 1. The minimum Gasteiger partial charge on any atom is -0.379 e. The van der Waals surface area contributed by atoms with Crippen molar-refractivity contribution in [2.45, 2.75) is 49.4 Å². The van der Waals surface area contributed by atoms with Crippen molar-refractivity contribution < 1.29 is 40.4 Å². The number of benzene rings is 2. The van der Waals surface area contributed by atoms with Crippen LogP contribution < -0.4 is 0 Å². The van der Waals surface area contributed by atoms with E-state index in [1.807, 2.05) is 4.90 Å². The topological polar surface area (TPSA) is 48.6 Å². The van der Waals surface area contributed by atoms with Gasteiger partial charge in [0.1, 0.15) is 19.1 Å². The zero-order valence-corrected chi connectivity index (χ0v) is 22.9. The molecule has 0 saturated carbocycles. The summed E-state index contributed by atoms with van der Waals surface area (Å²) in [4.78, 5) is 19.5. The van der Waals surface area contributed by atoms with Crippen molar-refractivity contribution in [2.24, 2.45) is 0 Å². The van der Waals surface area contributed by atoms with Crippen LogP contribution in [0.25, 0.3) is 10.9 Å². The highest BCUT2D eigenvalue weighted by atomic mass is 19.4. The van der Waals surface area contributed by atoms with Crippen LogP contribution >= 0.6 is 0 Å². The number of aromatic amines is 1. The molecule has 0 spiro atoms. The summed E-state index contributed by atoms with van der Waals surface area (Å²) in [6.45, 7) is -0.824. The fourth-order valence-electron chi connectivity index (χ4n) is 7.37. The molecule has 12 heteroatoms. The van der Waals surface area contributed by atoms with Gasteiger partial charge in [-0.1, -0.05) is 36.4 Å². The molecule has 3 fully saturated rings. The van der Waals surface area contributed by atoms with Gasteiger partial charge in [0.15, 0.2) is 5.54 Å². The predicted molar refractivity (Wildman–Crippen MR) is 144 cm³/mol. The van der Waals surface area contributed by atoms with Crippen LogP contribution in [0.1, 0.15) is 28.8 Å². The number of nitrogens with one attached hydrogen (secondary N) is 1. The number of aromatic nitrogens is 1. The molecule has 4 atom stereocenters. The molecule has 0 radical (unpaired) electrons. The molecule has 6 rings (SSSR count). The van der Waals surface area contributed by atoms with Gasteiger partial charge in [-0.2, -0.15) is 13.2 Å². The SMILES string of the molecule is O=C(c1ccccc1)N1C[C@H]2CC[C@H](N3CCOCC3)C[N+]2(C(F)(F)F)C[C@]1(Cc1c[nH]c2ccccc12)C(F)(F)F. The van der Waals surface area contributed by atoms with E-state index >= 15 is 26.3 Å². The Morgan fingerprint density at radius 2 is 1.67 bits per heavy atom. The molecule has 42 heavy (non-hydrogen) atoms. The number of alkyl halides is 6. The Kier molecular flexibility index (Phi) is 7.30. The quantitative estimate of drug-likeness (QED) is 0.251. The van der Waals surface area contributed by atoms with Crippen LogP contribution in [0.15, 0.2) is 60.8 Å². The highest BCUT2D eigenvalue weighted by Gasteiger charge is 2.74. The number of carbonyl (C=O) groups is 1. The summed E-state index contributed by atoms with van der Waals surface area (Å²) in [6, 6.07) is 12.5. The van der Waals surface area contributed by atoms with E-state index in [-0.39, 0.29) is 17.5 Å². The normalized spacial score (nSPS) is 29.4.